The minimum Gasteiger partial charge on any atom is -0.159 e. The predicted molar refractivity (Wildman–Crippen MR) is 47.6 cm³/mol. The molecule has 0 aliphatic rings. The topological polar surface area (TPSA) is 25.8 Å². The molecule has 0 aliphatic carbocycles. The van der Waals surface area contributed by atoms with Gasteiger partial charge < -0.3 is 0 Å². The van der Waals surface area contributed by atoms with Crippen molar-refractivity contribution in [3.63, 3.8) is 0 Å². The number of hydrogen-bond donors (Lipinski definition) is 0. The Balaban J connectivity index is 2.66. The second-order valence-electron chi connectivity index (χ2n) is 3.29. The largest absolute Gasteiger partial charge is 0.159 e. The summed E-state index contributed by atoms with van der Waals surface area (Å²) >= 11 is 1.80. The lowest BCUT2D eigenvalue weighted by atomic mass is 10.3. The van der Waals surface area contributed by atoms with E-state index in [-0.39, 0.29) is 4.75 Å². The molecule has 60 valence electrons. The molecule has 1 aromatic rings. The number of rotatable bonds is 1. The summed E-state index contributed by atoms with van der Waals surface area (Å²) in [5.41, 5.74) is 0. The van der Waals surface area contributed by atoms with Gasteiger partial charge in [-0.1, -0.05) is 20.8 Å². The lowest BCUT2D eigenvalue weighted by Crippen LogP contribution is -2.06. The molecular weight excluding hydrogens is 156 g/mol. The summed E-state index contributed by atoms with van der Waals surface area (Å²) < 4.78 is 0.253. The first kappa shape index (κ1) is 8.53. The van der Waals surface area contributed by atoms with E-state index in [9.17, 15) is 0 Å². The van der Waals surface area contributed by atoms with Gasteiger partial charge in [-0.15, -0.1) is 11.8 Å². The van der Waals surface area contributed by atoms with Crippen LogP contribution in [0, 0.1) is 0 Å². The predicted octanol–water partition coefficient (Wildman–Crippen LogP) is 2.37. The monoisotopic (exact) mass is 168 g/mol. The van der Waals surface area contributed by atoms with Crippen LogP contribution >= 0.6 is 11.8 Å². The van der Waals surface area contributed by atoms with E-state index in [4.69, 9.17) is 0 Å². The third-order valence-corrected chi connectivity index (χ3v) is 2.07. The Morgan fingerprint density at radius 3 is 2.45 bits per heavy atom. The molecule has 1 aromatic heterocycles. The highest BCUT2D eigenvalue weighted by Gasteiger charge is 2.11. The van der Waals surface area contributed by atoms with Crippen LogP contribution in [0.5, 0.6) is 0 Å². The zero-order valence-electron chi connectivity index (χ0n) is 7.03. The molecule has 0 radical (unpaired) electrons. The van der Waals surface area contributed by atoms with Gasteiger partial charge in [-0.3, -0.25) is 0 Å². The Labute approximate surface area is 71.4 Å². The Kier molecular flexibility index (Phi) is 2.49. The Hall–Kier alpha value is -0.570. The van der Waals surface area contributed by atoms with Crippen LogP contribution < -0.4 is 0 Å². The van der Waals surface area contributed by atoms with E-state index in [1.165, 1.54) is 4.90 Å². The average Bonchev–Trinajstić information content (AvgIpc) is 1.85. The molecule has 0 saturated carbocycles. The molecule has 0 N–H and O–H groups in total. The Bertz CT molecular complexity index is 215. The van der Waals surface area contributed by atoms with E-state index in [1.807, 2.05) is 6.07 Å². The summed E-state index contributed by atoms with van der Waals surface area (Å²) in [7, 11) is 0. The van der Waals surface area contributed by atoms with Crippen molar-refractivity contribution in [1.82, 2.24) is 10.2 Å². The SMILES string of the molecule is CC(C)(C)Sc1ccnnc1. The molecular formula is C8H12N2S. The van der Waals surface area contributed by atoms with Gasteiger partial charge >= 0.3 is 0 Å². The van der Waals surface area contributed by atoms with Crippen LogP contribution in [0.15, 0.2) is 23.4 Å². The third kappa shape index (κ3) is 3.37. The van der Waals surface area contributed by atoms with Crippen molar-refractivity contribution in [3.05, 3.63) is 18.5 Å². The van der Waals surface area contributed by atoms with Crippen molar-refractivity contribution in [1.29, 1.82) is 0 Å². The maximum absolute atomic E-state index is 3.80. The second kappa shape index (κ2) is 3.22. The molecule has 0 atom stereocenters. The molecule has 0 saturated heterocycles. The molecule has 0 aromatic carbocycles. The van der Waals surface area contributed by atoms with Gasteiger partial charge in [0.15, 0.2) is 0 Å². The van der Waals surface area contributed by atoms with Gasteiger partial charge in [-0.05, 0) is 6.07 Å². The van der Waals surface area contributed by atoms with E-state index >= 15 is 0 Å². The fraction of sp³-hybridized carbons (Fsp3) is 0.500. The zero-order valence-corrected chi connectivity index (χ0v) is 7.85. The van der Waals surface area contributed by atoms with Gasteiger partial charge in [0.25, 0.3) is 0 Å². The lowest BCUT2D eigenvalue weighted by molar-refractivity contribution is 0.801. The molecule has 0 spiro atoms. The van der Waals surface area contributed by atoms with Crippen LogP contribution in [0.25, 0.3) is 0 Å². The molecule has 0 fully saturated rings. The van der Waals surface area contributed by atoms with E-state index in [0.717, 1.165) is 0 Å². The van der Waals surface area contributed by atoms with Crippen molar-refractivity contribution in [2.24, 2.45) is 0 Å². The summed E-state index contributed by atoms with van der Waals surface area (Å²) in [4.78, 5) is 1.17. The molecule has 0 bridgehead atoms. The van der Waals surface area contributed by atoms with E-state index < -0.39 is 0 Å². The first-order chi connectivity index (χ1) is 5.08. The average molecular weight is 168 g/mol. The van der Waals surface area contributed by atoms with Crippen molar-refractivity contribution in [3.8, 4) is 0 Å². The standard InChI is InChI=1S/C8H12N2S/c1-8(2,3)11-7-4-5-9-10-6-7/h4-6H,1-3H3. The van der Waals surface area contributed by atoms with Crippen molar-refractivity contribution < 1.29 is 0 Å². The number of aromatic nitrogens is 2. The van der Waals surface area contributed by atoms with Crippen LogP contribution in [0.2, 0.25) is 0 Å². The second-order valence-corrected chi connectivity index (χ2v) is 5.19. The zero-order chi connectivity index (χ0) is 8.32. The maximum Gasteiger partial charge on any atom is 0.0632 e. The first-order valence-electron chi connectivity index (χ1n) is 3.54. The molecule has 0 unspecified atom stereocenters. The highest BCUT2D eigenvalue weighted by molar-refractivity contribution is 8.00. The summed E-state index contributed by atoms with van der Waals surface area (Å²) in [6.07, 6.45) is 3.50. The lowest BCUT2D eigenvalue weighted by Gasteiger charge is -2.16. The molecule has 1 heterocycles. The van der Waals surface area contributed by atoms with E-state index in [2.05, 4.69) is 31.0 Å². The molecule has 2 nitrogen and oxygen atoms in total. The molecule has 11 heavy (non-hydrogen) atoms. The van der Waals surface area contributed by atoms with Gasteiger partial charge in [0.1, 0.15) is 0 Å². The van der Waals surface area contributed by atoms with E-state index in [1.54, 1.807) is 24.2 Å². The minimum absolute atomic E-state index is 0.253. The van der Waals surface area contributed by atoms with Crippen molar-refractivity contribution >= 4 is 11.8 Å². The third-order valence-electron chi connectivity index (χ3n) is 0.981. The summed E-state index contributed by atoms with van der Waals surface area (Å²) in [5, 5.41) is 7.51. The molecule has 0 amide bonds. The molecule has 3 heteroatoms. The van der Waals surface area contributed by atoms with Crippen LogP contribution in [-0.4, -0.2) is 14.9 Å². The number of nitrogens with zero attached hydrogens (tertiary/aromatic N) is 2. The van der Waals surface area contributed by atoms with Gasteiger partial charge in [0, 0.05) is 9.64 Å². The summed E-state index contributed by atoms with van der Waals surface area (Å²) in [6.45, 7) is 6.54. The summed E-state index contributed by atoms with van der Waals surface area (Å²) in [6, 6.07) is 1.98. The van der Waals surface area contributed by atoms with Crippen LogP contribution in [0.1, 0.15) is 20.8 Å². The molecule has 0 aliphatic heterocycles. The van der Waals surface area contributed by atoms with Crippen molar-refractivity contribution in [2.45, 2.75) is 30.4 Å². The van der Waals surface area contributed by atoms with Crippen LogP contribution in [-0.2, 0) is 0 Å². The fourth-order valence-corrected chi connectivity index (χ4v) is 1.63. The number of thioether (sulfide) groups is 1. The van der Waals surface area contributed by atoms with Crippen LogP contribution in [0.4, 0.5) is 0 Å². The van der Waals surface area contributed by atoms with Crippen molar-refractivity contribution in [2.75, 3.05) is 0 Å². The number of hydrogen-bond acceptors (Lipinski definition) is 3. The summed E-state index contributed by atoms with van der Waals surface area (Å²) in [5.74, 6) is 0. The Morgan fingerprint density at radius 2 is 2.00 bits per heavy atom. The normalized spacial score (nSPS) is 11.5. The Morgan fingerprint density at radius 1 is 1.27 bits per heavy atom. The van der Waals surface area contributed by atoms with Gasteiger partial charge in [-0.25, -0.2) is 0 Å². The van der Waals surface area contributed by atoms with Gasteiger partial charge in [0.05, 0.1) is 12.4 Å². The highest BCUT2D eigenvalue weighted by Crippen LogP contribution is 2.30. The quantitative estimate of drug-likeness (QED) is 0.602. The van der Waals surface area contributed by atoms with Gasteiger partial charge in [-0.2, -0.15) is 10.2 Å². The smallest absolute Gasteiger partial charge is 0.0632 e. The molecule has 1 rings (SSSR count). The van der Waals surface area contributed by atoms with E-state index in [0.29, 0.717) is 0 Å². The first-order valence-corrected chi connectivity index (χ1v) is 4.35. The maximum atomic E-state index is 3.80. The minimum atomic E-state index is 0.253. The fourth-order valence-electron chi connectivity index (χ4n) is 0.692. The van der Waals surface area contributed by atoms with Crippen LogP contribution in [0.3, 0.4) is 0 Å². The van der Waals surface area contributed by atoms with Gasteiger partial charge in [0.2, 0.25) is 0 Å². The highest BCUT2D eigenvalue weighted by atomic mass is 32.2.